The number of hydrogen-bond acceptors (Lipinski definition) is 4. The molecule has 1 fully saturated rings. The highest BCUT2D eigenvalue weighted by Crippen LogP contribution is 2.16. The minimum atomic E-state index is -0.624. The van der Waals surface area contributed by atoms with Gasteiger partial charge in [0.15, 0.2) is 0 Å². The van der Waals surface area contributed by atoms with E-state index < -0.39 is 11.7 Å². The lowest BCUT2D eigenvalue weighted by Crippen LogP contribution is -2.49. The fourth-order valence-electron chi connectivity index (χ4n) is 1.74. The minimum absolute atomic E-state index is 0.327. The summed E-state index contributed by atoms with van der Waals surface area (Å²) in [6, 6.07) is -0.327. The second-order valence-corrected chi connectivity index (χ2v) is 5.41. The first-order chi connectivity index (χ1) is 7.81. The molecule has 2 atom stereocenters. The van der Waals surface area contributed by atoms with E-state index in [-0.39, 0.29) is 12.1 Å². The lowest BCUT2D eigenvalue weighted by atomic mass is 10.1. The van der Waals surface area contributed by atoms with Crippen molar-refractivity contribution in [2.75, 3.05) is 19.8 Å². The van der Waals surface area contributed by atoms with Crippen LogP contribution in [0, 0.1) is 0 Å². The van der Waals surface area contributed by atoms with Crippen molar-refractivity contribution in [3.8, 4) is 0 Å². The molecule has 5 nitrogen and oxygen atoms in total. The third kappa shape index (κ3) is 4.52. The number of aliphatic hydroxyl groups is 1. The van der Waals surface area contributed by atoms with E-state index in [9.17, 15) is 9.90 Å². The van der Waals surface area contributed by atoms with Gasteiger partial charge in [-0.3, -0.25) is 0 Å². The van der Waals surface area contributed by atoms with Crippen LogP contribution in [-0.4, -0.2) is 53.6 Å². The summed E-state index contributed by atoms with van der Waals surface area (Å²) < 4.78 is 10.7. The van der Waals surface area contributed by atoms with Crippen molar-refractivity contribution in [3.63, 3.8) is 0 Å². The molecule has 0 radical (unpaired) electrons. The number of carbonyl (C=O) groups excluding carboxylic acids is 1. The van der Waals surface area contributed by atoms with Gasteiger partial charge in [-0.15, -0.1) is 0 Å². The van der Waals surface area contributed by atoms with Crippen LogP contribution in [0.1, 0.15) is 34.1 Å². The van der Waals surface area contributed by atoms with Crippen molar-refractivity contribution >= 4 is 6.09 Å². The maximum absolute atomic E-state index is 12.0. The van der Waals surface area contributed by atoms with E-state index in [1.807, 2.05) is 20.8 Å². The van der Waals surface area contributed by atoms with E-state index >= 15 is 0 Å². The molecule has 1 aliphatic rings. The van der Waals surface area contributed by atoms with Crippen LogP contribution in [-0.2, 0) is 9.47 Å². The normalized spacial score (nSPS) is 24.1. The van der Waals surface area contributed by atoms with Crippen LogP contribution in [0.4, 0.5) is 4.79 Å². The molecule has 1 heterocycles. The molecule has 1 unspecified atom stereocenters. The summed E-state index contributed by atoms with van der Waals surface area (Å²) >= 11 is 0. The van der Waals surface area contributed by atoms with Crippen LogP contribution in [0.15, 0.2) is 0 Å². The summed E-state index contributed by atoms with van der Waals surface area (Å²) in [6.45, 7) is 8.68. The number of carbonyl (C=O) groups is 1. The molecule has 17 heavy (non-hydrogen) atoms. The molecule has 0 saturated carbocycles. The Balaban J connectivity index is 2.72. The highest BCUT2D eigenvalue weighted by atomic mass is 16.6. The summed E-state index contributed by atoms with van der Waals surface area (Å²) in [6.07, 6.45) is -0.239. The number of rotatable bonds is 1. The molecule has 0 bridgehead atoms. The van der Waals surface area contributed by atoms with Gasteiger partial charge in [-0.2, -0.15) is 0 Å². The van der Waals surface area contributed by atoms with Gasteiger partial charge in [0.05, 0.1) is 18.8 Å². The molecule has 0 aliphatic carbocycles. The smallest absolute Gasteiger partial charge is 0.410 e. The zero-order valence-electron chi connectivity index (χ0n) is 11.1. The molecule has 0 aromatic carbocycles. The van der Waals surface area contributed by atoms with Gasteiger partial charge in [-0.25, -0.2) is 4.79 Å². The van der Waals surface area contributed by atoms with E-state index in [0.29, 0.717) is 19.8 Å². The number of amides is 1. The van der Waals surface area contributed by atoms with Gasteiger partial charge in [0.1, 0.15) is 5.60 Å². The topological polar surface area (TPSA) is 59.0 Å². The standard InChI is InChI=1S/C12H23NO4/c1-9(14)10-8-16-7-5-6-13(10)11(15)17-12(2,3)4/h9-10,14H,5-8H2,1-4H3/t9?,10-/m0/s1. The molecule has 1 amide bonds. The maximum Gasteiger partial charge on any atom is 0.410 e. The first-order valence-corrected chi connectivity index (χ1v) is 6.06. The average molecular weight is 245 g/mol. The van der Waals surface area contributed by atoms with Crippen molar-refractivity contribution in [3.05, 3.63) is 0 Å². The molecule has 0 aromatic heterocycles. The van der Waals surface area contributed by atoms with Crippen molar-refractivity contribution in [2.45, 2.75) is 51.9 Å². The first-order valence-electron chi connectivity index (χ1n) is 6.06. The van der Waals surface area contributed by atoms with E-state index in [1.54, 1.807) is 11.8 Å². The first kappa shape index (κ1) is 14.3. The zero-order valence-corrected chi connectivity index (χ0v) is 11.1. The monoisotopic (exact) mass is 245 g/mol. The molecule has 0 spiro atoms. The number of ether oxygens (including phenoxy) is 2. The Morgan fingerprint density at radius 2 is 2.18 bits per heavy atom. The number of nitrogens with zero attached hydrogens (tertiary/aromatic N) is 1. The zero-order chi connectivity index (χ0) is 13.1. The van der Waals surface area contributed by atoms with E-state index in [1.165, 1.54) is 0 Å². The Bertz CT molecular complexity index is 260. The molecular weight excluding hydrogens is 222 g/mol. The van der Waals surface area contributed by atoms with Crippen LogP contribution in [0.25, 0.3) is 0 Å². The summed E-state index contributed by atoms with van der Waals surface area (Å²) in [4.78, 5) is 13.6. The van der Waals surface area contributed by atoms with Crippen LogP contribution in [0.3, 0.4) is 0 Å². The van der Waals surface area contributed by atoms with Crippen molar-refractivity contribution in [1.82, 2.24) is 4.90 Å². The summed E-state index contributed by atoms with van der Waals surface area (Å²) in [5.74, 6) is 0. The molecular formula is C12H23NO4. The molecule has 100 valence electrons. The van der Waals surface area contributed by atoms with Gasteiger partial charge in [-0.05, 0) is 34.1 Å². The van der Waals surface area contributed by atoms with Crippen molar-refractivity contribution in [2.24, 2.45) is 0 Å². The van der Waals surface area contributed by atoms with Crippen molar-refractivity contribution < 1.29 is 19.4 Å². The highest BCUT2D eigenvalue weighted by molar-refractivity contribution is 5.68. The minimum Gasteiger partial charge on any atom is -0.444 e. The predicted molar refractivity (Wildman–Crippen MR) is 63.8 cm³/mol. The predicted octanol–water partition coefficient (Wildman–Crippen LogP) is 1.39. The van der Waals surface area contributed by atoms with Gasteiger partial charge < -0.3 is 19.5 Å². The number of hydrogen-bond donors (Lipinski definition) is 1. The van der Waals surface area contributed by atoms with Crippen LogP contribution >= 0.6 is 0 Å². The molecule has 1 rings (SSSR count). The lowest BCUT2D eigenvalue weighted by Gasteiger charge is -2.33. The highest BCUT2D eigenvalue weighted by Gasteiger charge is 2.32. The largest absolute Gasteiger partial charge is 0.444 e. The summed E-state index contributed by atoms with van der Waals surface area (Å²) in [5.41, 5.74) is -0.520. The SMILES string of the molecule is CC(O)[C@@H]1COCCCN1C(=O)OC(C)(C)C. The Labute approximate surface area is 103 Å². The second kappa shape index (κ2) is 5.69. The molecule has 0 aromatic rings. The fourth-order valence-corrected chi connectivity index (χ4v) is 1.74. The summed E-state index contributed by atoms with van der Waals surface area (Å²) in [7, 11) is 0. The van der Waals surface area contributed by atoms with E-state index in [2.05, 4.69) is 0 Å². The Hall–Kier alpha value is -0.810. The Kier molecular flexibility index (Phi) is 4.77. The number of aliphatic hydroxyl groups excluding tert-OH is 1. The quantitative estimate of drug-likeness (QED) is 0.758. The van der Waals surface area contributed by atoms with Gasteiger partial charge in [0.2, 0.25) is 0 Å². The third-order valence-corrected chi connectivity index (χ3v) is 2.56. The molecule has 5 heteroatoms. The van der Waals surface area contributed by atoms with E-state index in [0.717, 1.165) is 6.42 Å². The lowest BCUT2D eigenvalue weighted by molar-refractivity contribution is -0.0127. The Morgan fingerprint density at radius 3 is 2.71 bits per heavy atom. The van der Waals surface area contributed by atoms with Crippen molar-refractivity contribution in [1.29, 1.82) is 0 Å². The Morgan fingerprint density at radius 1 is 1.53 bits per heavy atom. The molecule has 1 aliphatic heterocycles. The van der Waals surface area contributed by atoms with Crippen LogP contribution < -0.4 is 0 Å². The van der Waals surface area contributed by atoms with Gasteiger partial charge in [0.25, 0.3) is 0 Å². The van der Waals surface area contributed by atoms with Gasteiger partial charge in [-0.1, -0.05) is 0 Å². The fraction of sp³-hybridized carbons (Fsp3) is 0.917. The average Bonchev–Trinajstić information content (AvgIpc) is 2.39. The second-order valence-electron chi connectivity index (χ2n) is 5.41. The molecule has 1 saturated heterocycles. The van der Waals surface area contributed by atoms with Crippen LogP contribution in [0.2, 0.25) is 0 Å². The van der Waals surface area contributed by atoms with Gasteiger partial charge in [0, 0.05) is 13.2 Å². The molecule has 1 N–H and O–H groups in total. The van der Waals surface area contributed by atoms with Gasteiger partial charge >= 0.3 is 6.09 Å². The third-order valence-electron chi connectivity index (χ3n) is 2.56. The van der Waals surface area contributed by atoms with Crippen LogP contribution in [0.5, 0.6) is 0 Å². The maximum atomic E-state index is 12.0. The summed E-state index contributed by atoms with van der Waals surface area (Å²) in [5, 5.41) is 9.69. The van der Waals surface area contributed by atoms with E-state index in [4.69, 9.17) is 9.47 Å².